The van der Waals surface area contributed by atoms with Crippen molar-refractivity contribution in [2.45, 2.75) is 19.4 Å². The minimum absolute atomic E-state index is 0.0720. The van der Waals surface area contributed by atoms with Gasteiger partial charge < -0.3 is 15.8 Å². The second-order valence-electron chi connectivity index (χ2n) is 7.31. The monoisotopic (exact) mass is 442 g/mol. The van der Waals surface area contributed by atoms with Crippen molar-refractivity contribution >= 4 is 23.0 Å². The molecule has 0 bridgehead atoms. The maximum absolute atomic E-state index is 13.2. The van der Waals surface area contributed by atoms with Gasteiger partial charge in [0.1, 0.15) is 15.6 Å². The fourth-order valence-electron chi connectivity index (χ4n) is 3.42. The summed E-state index contributed by atoms with van der Waals surface area (Å²) in [6.07, 6.45) is 3.47. The zero-order valence-electron chi connectivity index (χ0n) is 17.4. The highest BCUT2D eigenvalue weighted by atomic mass is 32.1. The molecule has 4 aromatic rings. The molecule has 2 heterocycles. The number of aromatic nitrogens is 2. The van der Waals surface area contributed by atoms with Gasteiger partial charge in [0.15, 0.2) is 0 Å². The van der Waals surface area contributed by atoms with Crippen LogP contribution in [-0.4, -0.2) is 26.7 Å². The first-order valence-corrected chi connectivity index (χ1v) is 10.9. The van der Waals surface area contributed by atoms with Gasteiger partial charge in [-0.15, -0.1) is 11.3 Å². The van der Waals surface area contributed by atoms with Crippen LogP contribution >= 0.6 is 11.3 Å². The number of rotatable bonds is 7. The Morgan fingerprint density at radius 1 is 1.09 bits per heavy atom. The van der Waals surface area contributed by atoms with Crippen molar-refractivity contribution in [1.29, 1.82) is 5.41 Å². The summed E-state index contributed by atoms with van der Waals surface area (Å²) in [6.45, 7) is 1.81. The Balaban J connectivity index is 1.61. The number of carbonyl (C=O) groups excluding carboxylic acids is 1. The van der Waals surface area contributed by atoms with Crippen molar-refractivity contribution in [3.8, 4) is 16.3 Å². The standard InChI is InChI=1S/C25H22N4O2S/c1-16-23(32-25(28-16)17-8-3-2-4-9-17)24(31)29-21(19-11-5-6-12-22(19)30)14-20(26)18-10-7-13-27-15-18/h2-13,15,21,26,30H,14H2,1H3,(H,29,31). The number of aromatic hydroxyl groups is 1. The smallest absolute Gasteiger partial charge is 0.263 e. The molecule has 2 aromatic heterocycles. The van der Waals surface area contributed by atoms with E-state index in [1.807, 2.05) is 37.3 Å². The SMILES string of the molecule is Cc1nc(-c2ccccc2)sc1C(=O)NC(CC(=N)c1cccnc1)c1ccccc1O. The number of hydrogen-bond donors (Lipinski definition) is 3. The van der Waals surface area contributed by atoms with Crippen LogP contribution in [0.5, 0.6) is 5.75 Å². The number of phenolic OH excluding ortho intramolecular Hbond substituents is 1. The van der Waals surface area contributed by atoms with E-state index in [1.54, 1.807) is 48.8 Å². The first-order chi connectivity index (χ1) is 15.5. The average Bonchev–Trinajstić information content (AvgIpc) is 3.22. The Hall–Kier alpha value is -3.84. The summed E-state index contributed by atoms with van der Waals surface area (Å²) >= 11 is 1.33. The van der Waals surface area contributed by atoms with Crippen molar-refractivity contribution in [2.24, 2.45) is 0 Å². The Kier molecular flexibility index (Phi) is 6.37. The minimum atomic E-state index is -0.585. The third-order valence-corrected chi connectivity index (χ3v) is 6.26. The molecule has 160 valence electrons. The van der Waals surface area contributed by atoms with Crippen LogP contribution in [0.25, 0.3) is 10.6 Å². The number of para-hydroxylation sites is 1. The fourth-order valence-corrected chi connectivity index (χ4v) is 4.39. The molecular weight excluding hydrogens is 420 g/mol. The first-order valence-electron chi connectivity index (χ1n) is 10.1. The van der Waals surface area contributed by atoms with Gasteiger partial charge in [-0.05, 0) is 19.1 Å². The molecule has 0 aliphatic rings. The lowest BCUT2D eigenvalue weighted by Gasteiger charge is -2.20. The van der Waals surface area contributed by atoms with Crippen LogP contribution in [0.1, 0.15) is 39.0 Å². The number of nitrogens with one attached hydrogen (secondary N) is 2. The maximum Gasteiger partial charge on any atom is 0.263 e. The molecule has 3 N–H and O–H groups in total. The lowest BCUT2D eigenvalue weighted by atomic mass is 9.97. The van der Waals surface area contributed by atoms with Crippen molar-refractivity contribution in [2.75, 3.05) is 0 Å². The quantitative estimate of drug-likeness (QED) is 0.345. The van der Waals surface area contributed by atoms with Crippen LogP contribution in [0.2, 0.25) is 0 Å². The van der Waals surface area contributed by atoms with Crippen molar-refractivity contribution < 1.29 is 9.90 Å². The van der Waals surface area contributed by atoms with E-state index in [4.69, 9.17) is 5.41 Å². The predicted octanol–water partition coefficient (Wildman–Crippen LogP) is 5.15. The Bertz CT molecular complexity index is 1240. The normalized spacial score (nSPS) is 11.7. The van der Waals surface area contributed by atoms with E-state index < -0.39 is 6.04 Å². The molecule has 1 amide bonds. The number of pyridine rings is 1. The third-order valence-electron chi connectivity index (χ3n) is 5.06. The van der Waals surface area contributed by atoms with E-state index in [0.717, 1.165) is 10.6 Å². The van der Waals surface area contributed by atoms with Gasteiger partial charge in [0, 0.05) is 41.2 Å². The van der Waals surface area contributed by atoms with E-state index >= 15 is 0 Å². The minimum Gasteiger partial charge on any atom is -0.508 e. The van der Waals surface area contributed by atoms with Crippen molar-refractivity contribution in [3.63, 3.8) is 0 Å². The molecule has 0 aliphatic carbocycles. The molecule has 7 heteroatoms. The molecule has 0 radical (unpaired) electrons. The highest BCUT2D eigenvalue weighted by Gasteiger charge is 2.23. The highest BCUT2D eigenvalue weighted by Crippen LogP contribution is 2.31. The summed E-state index contributed by atoms with van der Waals surface area (Å²) in [5, 5.41) is 22.7. The van der Waals surface area contributed by atoms with E-state index in [1.165, 1.54) is 11.3 Å². The summed E-state index contributed by atoms with van der Waals surface area (Å²) in [4.78, 5) is 22.4. The fraction of sp³-hybridized carbons (Fsp3) is 0.120. The molecule has 0 fully saturated rings. The number of benzene rings is 2. The largest absolute Gasteiger partial charge is 0.508 e. The molecule has 6 nitrogen and oxygen atoms in total. The number of amides is 1. The lowest BCUT2D eigenvalue weighted by molar-refractivity contribution is 0.0941. The first kappa shape index (κ1) is 21.4. The number of nitrogens with zero attached hydrogens (tertiary/aromatic N) is 2. The topological polar surface area (TPSA) is 99.0 Å². The van der Waals surface area contributed by atoms with E-state index in [9.17, 15) is 9.90 Å². The third kappa shape index (κ3) is 4.73. The number of hydrogen-bond acceptors (Lipinski definition) is 6. The molecule has 32 heavy (non-hydrogen) atoms. The van der Waals surface area contributed by atoms with E-state index in [2.05, 4.69) is 15.3 Å². The van der Waals surface area contributed by atoms with Crippen LogP contribution in [0, 0.1) is 12.3 Å². The van der Waals surface area contributed by atoms with Gasteiger partial charge in [-0.25, -0.2) is 4.98 Å². The average molecular weight is 443 g/mol. The molecule has 1 atom stereocenters. The molecule has 1 unspecified atom stereocenters. The van der Waals surface area contributed by atoms with Gasteiger partial charge in [0.25, 0.3) is 5.91 Å². The zero-order chi connectivity index (χ0) is 22.5. The second-order valence-corrected chi connectivity index (χ2v) is 8.31. The molecule has 0 aliphatic heterocycles. The number of thiazole rings is 1. The summed E-state index contributed by atoms with van der Waals surface area (Å²) in [6, 6.07) is 19.6. The van der Waals surface area contributed by atoms with Gasteiger partial charge in [0.05, 0.1) is 11.7 Å². The number of carbonyl (C=O) groups is 1. The van der Waals surface area contributed by atoms with Crippen molar-refractivity contribution in [3.05, 3.63) is 101 Å². The van der Waals surface area contributed by atoms with Crippen molar-refractivity contribution in [1.82, 2.24) is 15.3 Å². The van der Waals surface area contributed by atoms with Crippen LogP contribution in [0.3, 0.4) is 0 Å². The van der Waals surface area contributed by atoms with Gasteiger partial charge >= 0.3 is 0 Å². The molecule has 0 saturated heterocycles. The molecule has 0 spiro atoms. The van der Waals surface area contributed by atoms with Crippen LogP contribution in [0.4, 0.5) is 0 Å². The van der Waals surface area contributed by atoms with Crippen LogP contribution < -0.4 is 5.32 Å². The maximum atomic E-state index is 13.2. The summed E-state index contributed by atoms with van der Waals surface area (Å²) in [7, 11) is 0. The molecule has 2 aromatic carbocycles. The zero-order valence-corrected chi connectivity index (χ0v) is 18.3. The van der Waals surface area contributed by atoms with Crippen LogP contribution in [-0.2, 0) is 0 Å². The van der Waals surface area contributed by atoms with Gasteiger partial charge in [-0.2, -0.15) is 0 Å². The highest BCUT2D eigenvalue weighted by molar-refractivity contribution is 7.17. The van der Waals surface area contributed by atoms with Gasteiger partial charge in [0.2, 0.25) is 0 Å². The number of phenols is 1. The Morgan fingerprint density at radius 2 is 1.84 bits per heavy atom. The molecule has 0 saturated carbocycles. The Labute approximate surface area is 190 Å². The van der Waals surface area contributed by atoms with E-state index in [0.29, 0.717) is 27.4 Å². The number of aryl methyl sites for hydroxylation is 1. The van der Waals surface area contributed by atoms with Gasteiger partial charge in [-0.3, -0.25) is 9.78 Å². The second kappa shape index (κ2) is 9.53. The lowest BCUT2D eigenvalue weighted by Crippen LogP contribution is -2.30. The predicted molar refractivity (Wildman–Crippen MR) is 126 cm³/mol. The van der Waals surface area contributed by atoms with E-state index in [-0.39, 0.29) is 18.1 Å². The summed E-state index contributed by atoms with van der Waals surface area (Å²) < 4.78 is 0. The summed E-state index contributed by atoms with van der Waals surface area (Å²) in [5.74, 6) is -0.211. The summed E-state index contributed by atoms with van der Waals surface area (Å²) in [5.41, 5.74) is 3.14. The van der Waals surface area contributed by atoms with Gasteiger partial charge in [-0.1, -0.05) is 54.6 Å². The van der Waals surface area contributed by atoms with Crippen LogP contribution in [0.15, 0.2) is 79.1 Å². The molecule has 4 rings (SSSR count). The molecular formula is C25H22N4O2S. The Morgan fingerprint density at radius 3 is 2.56 bits per heavy atom.